The number of urea groups is 1. The van der Waals surface area contributed by atoms with Gasteiger partial charge in [-0.25, -0.2) is 4.79 Å². The number of carbonyl (C=O) groups excluding carboxylic acids is 3. The standard InChI is InChI=1S/C20H27N3O4/c1-14-6-7-16(27-14)13-22-11-15(10-17(22)24)12-23-18(25)20(21-19(23)26)8-4-2-3-5-9-20/h6-7,15H,2-5,8-13H2,1H3,(H,21,26). The van der Waals surface area contributed by atoms with Gasteiger partial charge in [-0.05, 0) is 31.9 Å². The summed E-state index contributed by atoms with van der Waals surface area (Å²) >= 11 is 0. The summed E-state index contributed by atoms with van der Waals surface area (Å²) in [7, 11) is 0. The highest BCUT2D eigenvalue weighted by Crippen LogP contribution is 2.34. The van der Waals surface area contributed by atoms with Crippen LogP contribution >= 0.6 is 0 Å². The fourth-order valence-corrected chi connectivity index (χ4v) is 4.66. The molecule has 1 aliphatic carbocycles. The van der Waals surface area contributed by atoms with Gasteiger partial charge in [0.2, 0.25) is 5.91 Å². The largest absolute Gasteiger partial charge is 0.464 e. The van der Waals surface area contributed by atoms with Crippen molar-refractivity contribution in [1.82, 2.24) is 15.1 Å². The van der Waals surface area contributed by atoms with E-state index in [2.05, 4.69) is 5.32 Å². The summed E-state index contributed by atoms with van der Waals surface area (Å²) in [5.41, 5.74) is -0.707. The molecule has 3 heterocycles. The Morgan fingerprint density at radius 2 is 1.89 bits per heavy atom. The predicted molar refractivity (Wildman–Crippen MR) is 97.6 cm³/mol. The van der Waals surface area contributed by atoms with E-state index in [1.807, 2.05) is 19.1 Å². The molecule has 1 atom stereocenters. The van der Waals surface area contributed by atoms with Gasteiger partial charge in [0, 0.05) is 25.4 Å². The Balaban J connectivity index is 1.39. The number of carbonyl (C=O) groups is 3. The molecule has 0 bridgehead atoms. The fraction of sp³-hybridized carbons (Fsp3) is 0.650. The highest BCUT2D eigenvalue weighted by atomic mass is 16.3. The number of imide groups is 1. The summed E-state index contributed by atoms with van der Waals surface area (Å²) in [5.74, 6) is 1.51. The third-order valence-corrected chi connectivity index (χ3v) is 6.08. The Morgan fingerprint density at radius 3 is 2.56 bits per heavy atom. The van der Waals surface area contributed by atoms with E-state index >= 15 is 0 Å². The van der Waals surface area contributed by atoms with Crippen LogP contribution in [0.3, 0.4) is 0 Å². The van der Waals surface area contributed by atoms with Crippen molar-refractivity contribution in [3.05, 3.63) is 23.7 Å². The minimum Gasteiger partial charge on any atom is -0.464 e. The van der Waals surface area contributed by atoms with E-state index in [0.29, 0.717) is 26.1 Å². The Morgan fingerprint density at radius 1 is 1.15 bits per heavy atom. The lowest BCUT2D eigenvalue weighted by Crippen LogP contribution is -2.46. The third-order valence-electron chi connectivity index (χ3n) is 6.08. The molecule has 3 fully saturated rings. The zero-order valence-corrected chi connectivity index (χ0v) is 15.8. The summed E-state index contributed by atoms with van der Waals surface area (Å²) in [5, 5.41) is 2.97. The van der Waals surface area contributed by atoms with Crippen molar-refractivity contribution in [2.45, 2.75) is 64.0 Å². The molecule has 146 valence electrons. The first-order chi connectivity index (χ1) is 13.0. The quantitative estimate of drug-likeness (QED) is 0.823. The van der Waals surface area contributed by atoms with E-state index in [-0.39, 0.29) is 23.8 Å². The van der Waals surface area contributed by atoms with Gasteiger partial charge in [0.25, 0.3) is 5.91 Å². The van der Waals surface area contributed by atoms with E-state index < -0.39 is 5.54 Å². The van der Waals surface area contributed by atoms with Crippen molar-refractivity contribution in [3.63, 3.8) is 0 Å². The van der Waals surface area contributed by atoms with Gasteiger partial charge in [0.1, 0.15) is 17.1 Å². The molecule has 0 radical (unpaired) electrons. The van der Waals surface area contributed by atoms with Crippen molar-refractivity contribution in [2.24, 2.45) is 5.92 Å². The first kappa shape index (κ1) is 18.1. The van der Waals surface area contributed by atoms with Crippen LogP contribution in [0.25, 0.3) is 0 Å². The maximum absolute atomic E-state index is 13.0. The maximum Gasteiger partial charge on any atom is 0.325 e. The van der Waals surface area contributed by atoms with E-state index in [0.717, 1.165) is 50.0 Å². The molecule has 2 aliphatic heterocycles. The average Bonchev–Trinajstić information content (AvgIpc) is 3.17. The molecule has 1 aromatic heterocycles. The van der Waals surface area contributed by atoms with Crippen LogP contribution in [-0.4, -0.2) is 46.3 Å². The zero-order chi connectivity index (χ0) is 19.0. The van der Waals surface area contributed by atoms with Gasteiger partial charge >= 0.3 is 6.03 Å². The molecular formula is C20H27N3O4. The van der Waals surface area contributed by atoms with Crippen LogP contribution in [-0.2, 0) is 16.1 Å². The minimum absolute atomic E-state index is 0.0239. The van der Waals surface area contributed by atoms with Gasteiger partial charge in [-0.3, -0.25) is 14.5 Å². The number of furan rings is 1. The lowest BCUT2D eigenvalue weighted by atomic mass is 9.90. The van der Waals surface area contributed by atoms with Crippen molar-refractivity contribution in [2.75, 3.05) is 13.1 Å². The number of rotatable bonds is 4. The van der Waals surface area contributed by atoms with Gasteiger partial charge in [-0.1, -0.05) is 25.7 Å². The number of hydrogen-bond donors (Lipinski definition) is 1. The third kappa shape index (κ3) is 3.47. The van der Waals surface area contributed by atoms with Crippen molar-refractivity contribution in [3.8, 4) is 0 Å². The number of nitrogens with one attached hydrogen (secondary N) is 1. The van der Waals surface area contributed by atoms with Gasteiger partial charge in [0.15, 0.2) is 0 Å². The first-order valence-electron chi connectivity index (χ1n) is 9.94. The van der Waals surface area contributed by atoms with E-state index in [4.69, 9.17) is 4.42 Å². The molecule has 4 rings (SSSR count). The Kier molecular flexibility index (Phi) is 4.70. The number of aryl methyl sites for hydroxylation is 1. The molecule has 27 heavy (non-hydrogen) atoms. The molecule has 1 saturated carbocycles. The van der Waals surface area contributed by atoms with Gasteiger partial charge < -0.3 is 14.6 Å². The maximum atomic E-state index is 13.0. The van der Waals surface area contributed by atoms with Crippen molar-refractivity contribution in [1.29, 1.82) is 0 Å². The van der Waals surface area contributed by atoms with Crippen molar-refractivity contribution < 1.29 is 18.8 Å². The second kappa shape index (κ2) is 7.02. The van der Waals surface area contributed by atoms with Crippen LogP contribution in [0.15, 0.2) is 16.5 Å². The smallest absolute Gasteiger partial charge is 0.325 e. The lowest BCUT2D eigenvalue weighted by molar-refractivity contribution is -0.132. The van der Waals surface area contributed by atoms with E-state index in [1.165, 1.54) is 4.90 Å². The van der Waals surface area contributed by atoms with Crippen LogP contribution in [0.2, 0.25) is 0 Å². The molecule has 2 saturated heterocycles. The number of hydrogen-bond acceptors (Lipinski definition) is 4. The molecule has 4 amide bonds. The van der Waals surface area contributed by atoms with Gasteiger partial charge in [0.05, 0.1) is 6.54 Å². The van der Waals surface area contributed by atoms with Crippen LogP contribution in [0.1, 0.15) is 56.5 Å². The van der Waals surface area contributed by atoms with Crippen molar-refractivity contribution >= 4 is 17.8 Å². The molecule has 1 unspecified atom stereocenters. The highest BCUT2D eigenvalue weighted by molar-refractivity contribution is 6.07. The molecule has 1 spiro atoms. The molecule has 3 aliphatic rings. The van der Waals surface area contributed by atoms with Crippen LogP contribution in [0, 0.1) is 12.8 Å². The number of amides is 4. The second-order valence-corrected chi connectivity index (χ2v) is 8.20. The molecule has 0 aromatic carbocycles. The van der Waals surface area contributed by atoms with Crippen LogP contribution in [0.4, 0.5) is 4.79 Å². The molecule has 7 heteroatoms. The molecular weight excluding hydrogens is 346 g/mol. The summed E-state index contributed by atoms with van der Waals surface area (Å²) in [6, 6.07) is 3.46. The van der Waals surface area contributed by atoms with E-state index in [9.17, 15) is 14.4 Å². The monoisotopic (exact) mass is 373 g/mol. The lowest BCUT2D eigenvalue weighted by Gasteiger charge is -2.25. The fourth-order valence-electron chi connectivity index (χ4n) is 4.66. The zero-order valence-electron chi connectivity index (χ0n) is 15.8. The Labute approximate surface area is 159 Å². The number of nitrogens with zero attached hydrogens (tertiary/aromatic N) is 2. The Hall–Kier alpha value is -2.31. The summed E-state index contributed by atoms with van der Waals surface area (Å²) in [4.78, 5) is 41.0. The predicted octanol–water partition coefficient (Wildman–Crippen LogP) is 2.58. The molecule has 7 nitrogen and oxygen atoms in total. The van der Waals surface area contributed by atoms with Crippen LogP contribution in [0.5, 0.6) is 0 Å². The summed E-state index contributed by atoms with van der Waals surface area (Å²) in [6.45, 7) is 3.17. The van der Waals surface area contributed by atoms with Crippen LogP contribution < -0.4 is 5.32 Å². The minimum atomic E-state index is -0.707. The average molecular weight is 373 g/mol. The molecule has 1 N–H and O–H groups in total. The summed E-state index contributed by atoms with van der Waals surface area (Å²) in [6.07, 6.45) is 5.98. The topological polar surface area (TPSA) is 82.9 Å². The van der Waals surface area contributed by atoms with Gasteiger partial charge in [-0.15, -0.1) is 0 Å². The SMILES string of the molecule is Cc1ccc(CN2CC(CN3C(=O)NC4(CCCCCC4)C3=O)CC2=O)o1. The second-order valence-electron chi connectivity index (χ2n) is 8.20. The highest BCUT2D eigenvalue weighted by Gasteiger charge is 2.51. The normalized spacial score (nSPS) is 25.4. The first-order valence-corrected chi connectivity index (χ1v) is 9.94. The Bertz CT molecular complexity index is 748. The number of likely N-dealkylation sites (tertiary alicyclic amines) is 1. The summed E-state index contributed by atoms with van der Waals surface area (Å²) < 4.78 is 5.56. The van der Waals surface area contributed by atoms with E-state index in [1.54, 1.807) is 4.90 Å². The molecule has 1 aromatic rings. The van der Waals surface area contributed by atoms with Gasteiger partial charge in [-0.2, -0.15) is 0 Å².